The van der Waals surface area contributed by atoms with Gasteiger partial charge in [0, 0.05) is 16.3 Å². The van der Waals surface area contributed by atoms with Gasteiger partial charge in [-0.3, -0.25) is 0 Å². The fourth-order valence-electron chi connectivity index (χ4n) is 12.2. The molecule has 0 saturated heterocycles. The summed E-state index contributed by atoms with van der Waals surface area (Å²) in [6.07, 6.45) is 20.1. The van der Waals surface area contributed by atoms with Gasteiger partial charge in [0.2, 0.25) is 0 Å². The maximum absolute atomic E-state index is 6.88. The Kier molecular flexibility index (Phi) is 6.72. The van der Waals surface area contributed by atoms with E-state index in [-0.39, 0.29) is 5.41 Å². The molecule has 2 aromatic carbocycles. The number of hydrogen-bond donors (Lipinski definition) is 0. The predicted octanol–water partition coefficient (Wildman–Crippen LogP) is 8.31. The van der Waals surface area contributed by atoms with Gasteiger partial charge in [-0.2, -0.15) is 0 Å². The summed E-state index contributed by atoms with van der Waals surface area (Å²) in [6.45, 7) is 3.19. The summed E-state index contributed by atoms with van der Waals surface area (Å²) < 4.78 is 35.7. The first kappa shape index (κ1) is 28.3. The summed E-state index contributed by atoms with van der Waals surface area (Å²) in [5.74, 6) is 9.21. The number of ether oxygens (including phenoxy) is 6. The normalized spacial score (nSPS) is 37.1. The predicted molar refractivity (Wildman–Crippen MR) is 175 cm³/mol. The van der Waals surface area contributed by atoms with Gasteiger partial charge >= 0.3 is 0 Å². The van der Waals surface area contributed by atoms with E-state index in [4.69, 9.17) is 28.4 Å². The zero-order valence-corrected chi connectivity index (χ0v) is 27.1. The van der Waals surface area contributed by atoms with Crippen molar-refractivity contribution in [2.24, 2.45) is 35.5 Å². The summed E-state index contributed by atoms with van der Waals surface area (Å²) in [5.41, 5.74) is 3.43. The Morgan fingerprint density at radius 2 is 1.07 bits per heavy atom. The van der Waals surface area contributed by atoms with Gasteiger partial charge in [-0.1, -0.05) is 12.1 Å². The molecule has 0 unspecified atom stereocenters. The van der Waals surface area contributed by atoms with E-state index in [9.17, 15) is 0 Å². The molecule has 0 atom stereocenters. The Balaban J connectivity index is 1.04. The molecule has 12 rings (SSSR count). The lowest BCUT2D eigenvalue weighted by atomic mass is 9.47. The Morgan fingerprint density at radius 1 is 0.565 bits per heavy atom. The summed E-state index contributed by atoms with van der Waals surface area (Å²) in [4.78, 5) is 0. The minimum Gasteiger partial charge on any atom is -0.491 e. The number of hydrogen-bond acceptors (Lipinski definition) is 6. The van der Waals surface area contributed by atoms with Crippen molar-refractivity contribution < 1.29 is 28.4 Å². The van der Waals surface area contributed by atoms with E-state index in [0.29, 0.717) is 45.1 Å². The van der Waals surface area contributed by atoms with Gasteiger partial charge < -0.3 is 28.4 Å². The van der Waals surface area contributed by atoms with E-state index in [2.05, 4.69) is 24.3 Å². The van der Waals surface area contributed by atoms with Gasteiger partial charge in [-0.25, -0.2) is 0 Å². The van der Waals surface area contributed by atoms with E-state index >= 15 is 0 Å². The number of benzene rings is 2. The molecule has 0 radical (unpaired) electrons. The molecule has 6 nitrogen and oxygen atoms in total. The lowest BCUT2D eigenvalue weighted by Gasteiger charge is -2.57. The van der Waals surface area contributed by atoms with Crippen LogP contribution in [-0.4, -0.2) is 39.6 Å². The van der Waals surface area contributed by atoms with Crippen molar-refractivity contribution in [3.8, 4) is 11.5 Å². The van der Waals surface area contributed by atoms with Crippen molar-refractivity contribution in [1.82, 2.24) is 0 Å². The van der Waals surface area contributed by atoms with Crippen LogP contribution >= 0.6 is 0 Å². The molecule has 6 heteroatoms. The Morgan fingerprint density at radius 3 is 1.59 bits per heavy atom. The number of fused-ring (bicyclic) bond motifs is 1. The van der Waals surface area contributed by atoms with Crippen LogP contribution in [0, 0.1) is 35.5 Å². The molecule has 8 aliphatic carbocycles. The Hall–Kier alpha value is -2.70. The molecule has 0 aromatic heterocycles. The average Bonchev–Trinajstić information content (AvgIpc) is 3.96. The topological polar surface area (TPSA) is 62.0 Å². The van der Waals surface area contributed by atoms with Crippen LogP contribution in [0.15, 0.2) is 48.3 Å². The first-order chi connectivity index (χ1) is 22.6. The summed E-state index contributed by atoms with van der Waals surface area (Å²) in [5, 5.41) is 2.42. The molecule has 2 aliphatic heterocycles. The molecule has 10 aliphatic rings. The average molecular weight is 625 g/mol. The van der Waals surface area contributed by atoms with Crippen LogP contribution in [0.1, 0.15) is 88.2 Å². The lowest BCUT2D eigenvalue weighted by molar-refractivity contribution is -0.00674. The molecule has 46 heavy (non-hydrogen) atoms. The van der Waals surface area contributed by atoms with Gasteiger partial charge in [0.05, 0.1) is 13.2 Å². The van der Waals surface area contributed by atoms with Crippen molar-refractivity contribution in [3.05, 3.63) is 59.4 Å². The fourth-order valence-corrected chi connectivity index (χ4v) is 12.2. The minimum atomic E-state index is 0.175. The van der Waals surface area contributed by atoms with Gasteiger partial charge in [0.1, 0.15) is 50.5 Å². The third-order valence-corrected chi connectivity index (χ3v) is 13.3. The van der Waals surface area contributed by atoms with Gasteiger partial charge in [0.25, 0.3) is 0 Å². The Labute approximate surface area is 272 Å². The van der Waals surface area contributed by atoms with Crippen LogP contribution in [0.4, 0.5) is 0 Å². The summed E-state index contributed by atoms with van der Waals surface area (Å²) in [7, 11) is 0. The summed E-state index contributed by atoms with van der Waals surface area (Å²) >= 11 is 0. The molecule has 8 fully saturated rings. The van der Waals surface area contributed by atoms with E-state index in [1.165, 1.54) is 98.9 Å². The molecule has 8 saturated carbocycles. The van der Waals surface area contributed by atoms with Crippen molar-refractivity contribution in [2.75, 3.05) is 39.6 Å². The molecular formula is C40H48O6. The zero-order chi connectivity index (χ0) is 30.3. The number of rotatable bonds is 14. The largest absolute Gasteiger partial charge is 0.491 e. The van der Waals surface area contributed by atoms with E-state index in [1.807, 2.05) is 0 Å². The highest BCUT2D eigenvalue weighted by Crippen LogP contribution is 2.64. The zero-order valence-electron chi connectivity index (χ0n) is 27.1. The second-order valence-electron chi connectivity index (χ2n) is 16.6. The summed E-state index contributed by atoms with van der Waals surface area (Å²) in [6, 6.07) is 9.83. The second kappa shape index (κ2) is 10.9. The highest BCUT2D eigenvalue weighted by atomic mass is 16.6. The quantitative estimate of drug-likeness (QED) is 0.197. The maximum atomic E-state index is 6.88. The molecule has 8 bridgehead atoms. The maximum Gasteiger partial charge on any atom is 0.164 e. The first-order valence-electron chi connectivity index (χ1n) is 18.3. The van der Waals surface area contributed by atoms with Crippen molar-refractivity contribution in [1.29, 1.82) is 0 Å². The minimum absolute atomic E-state index is 0.175. The Bertz CT molecular complexity index is 1520. The third-order valence-electron chi connectivity index (χ3n) is 13.3. The fraction of sp³-hybridized carbons (Fsp3) is 0.650. The smallest absolute Gasteiger partial charge is 0.164 e. The van der Waals surface area contributed by atoms with E-state index in [1.54, 1.807) is 12.5 Å². The lowest BCUT2D eigenvalue weighted by Crippen LogP contribution is -2.48. The molecule has 0 N–H and O–H groups in total. The molecule has 2 aromatic rings. The SMILES string of the molecule is C1=C(COCCOc2cc(C34CC5CC(CC(C5)C3)C4)c(OCCOCC3=CO3)c3ccc(C45CC6CC(CC(C6)C4)C5)cc23)O1. The third kappa shape index (κ3) is 5.13. The molecule has 0 amide bonds. The second-order valence-corrected chi connectivity index (χ2v) is 16.6. The highest BCUT2D eigenvalue weighted by molar-refractivity contribution is 5.95. The van der Waals surface area contributed by atoms with Crippen LogP contribution in [0.2, 0.25) is 0 Å². The van der Waals surface area contributed by atoms with Crippen molar-refractivity contribution in [3.63, 3.8) is 0 Å². The van der Waals surface area contributed by atoms with Gasteiger partial charge in [0.15, 0.2) is 11.5 Å². The van der Waals surface area contributed by atoms with Crippen LogP contribution in [0.5, 0.6) is 11.5 Å². The van der Waals surface area contributed by atoms with Gasteiger partial charge in [-0.05, 0) is 141 Å². The standard InChI is InChI=1S/C40H48O6/c1-2-34-35(13-31(1)39-15-25-7-26(16-39)9-27(8-25)17-39)37(43-5-3-41-21-32-23-45-32)14-36(38(34)44-6-4-42-22-33-24-46-33)40-18-28-10-29(19-40)12-30(11-28)20-40/h1-2,13-14,23-30H,3-12,15-22H2. The molecule has 244 valence electrons. The van der Waals surface area contributed by atoms with Crippen LogP contribution < -0.4 is 9.47 Å². The van der Waals surface area contributed by atoms with E-state index in [0.717, 1.165) is 58.5 Å². The van der Waals surface area contributed by atoms with Gasteiger partial charge in [-0.15, -0.1) is 0 Å². The van der Waals surface area contributed by atoms with E-state index < -0.39 is 0 Å². The highest BCUT2D eigenvalue weighted by Gasteiger charge is 2.54. The van der Waals surface area contributed by atoms with Crippen LogP contribution in [0.25, 0.3) is 10.8 Å². The molecular weight excluding hydrogens is 576 g/mol. The van der Waals surface area contributed by atoms with Crippen LogP contribution in [0.3, 0.4) is 0 Å². The first-order valence-corrected chi connectivity index (χ1v) is 18.3. The van der Waals surface area contributed by atoms with Crippen molar-refractivity contribution >= 4 is 10.8 Å². The molecule has 0 spiro atoms. The van der Waals surface area contributed by atoms with Crippen molar-refractivity contribution in [2.45, 2.75) is 87.9 Å². The van der Waals surface area contributed by atoms with Crippen LogP contribution in [-0.2, 0) is 29.8 Å². The molecule has 2 heterocycles. The monoisotopic (exact) mass is 624 g/mol.